The molecule has 1 saturated heterocycles. The van der Waals surface area contributed by atoms with Crippen LogP contribution in [-0.4, -0.2) is 31.9 Å². The normalized spacial score (nSPS) is 14.3. The molecule has 0 atom stereocenters. The number of esters is 1. The molecule has 124 valence electrons. The summed E-state index contributed by atoms with van der Waals surface area (Å²) >= 11 is 0. The lowest BCUT2D eigenvalue weighted by molar-refractivity contribution is 0.0526. The number of hydrogen-bond acceptors (Lipinski definition) is 4. The molecule has 2 aromatic carbocycles. The van der Waals surface area contributed by atoms with Crippen LogP contribution in [-0.2, 0) is 4.74 Å². The molecule has 0 radical (unpaired) electrons. The molecule has 24 heavy (non-hydrogen) atoms. The Morgan fingerprint density at radius 2 is 1.75 bits per heavy atom. The molecular formula is C20H22N2O2. The summed E-state index contributed by atoms with van der Waals surface area (Å²) < 4.78 is 4.97. The summed E-state index contributed by atoms with van der Waals surface area (Å²) in [6, 6.07) is 15.6. The Morgan fingerprint density at radius 1 is 1.08 bits per heavy atom. The van der Waals surface area contributed by atoms with E-state index < -0.39 is 0 Å². The molecule has 0 N–H and O–H groups in total. The third kappa shape index (κ3) is 4.02. The molecule has 0 saturated carbocycles. The lowest BCUT2D eigenvalue weighted by Crippen LogP contribution is -2.17. The maximum absolute atomic E-state index is 11.6. The molecule has 3 rings (SSSR count). The molecule has 0 aliphatic carbocycles. The number of hydrogen-bond donors (Lipinski definition) is 0. The van der Waals surface area contributed by atoms with Crippen molar-refractivity contribution in [2.75, 3.05) is 24.6 Å². The van der Waals surface area contributed by atoms with Crippen LogP contribution in [0.25, 0.3) is 0 Å². The Hall–Kier alpha value is -2.62. The minimum absolute atomic E-state index is 0.300. The third-order valence-electron chi connectivity index (χ3n) is 4.11. The highest BCUT2D eigenvalue weighted by Gasteiger charge is 2.11. The first-order valence-corrected chi connectivity index (χ1v) is 8.42. The fourth-order valence-electron chi connectivity index (χ4n) is 2.79. The Kier molecular flexibility index (Phi) is 5.26. The van der Waals surface area contributed by atoms with Gasteiger partial charge in [0.05, 0.1) is 17.9 Å². The van der Waals surface area contributed by atoms with Gasteiger partial charge in [0.1, 0.15) is 0 Å². The van der Waals surface area contributed by atoms with Crippen LogP contribution in [0.5, 0.6) is 0 Å². The van der Waals surface area contributed by atoms with E-state index in [0.29, 0.717) is 12.2 Å². The summed E-state index contributed by atoms with van der Waals surface area (Å²) in [7, 11) is 0. The smallest absolute Gasteiger partial charge is 0.338 e. The second-order valence-corrected chi connectivity index (χ2v) is 5.81. The number of carbonyl (C=O) groups excluding carboxylic acids is 1. The van der Waals surface area contributed by atoms with Crippen molar-refractivity contribution < 1.29 is 9.53 Å². The van der Waals surface area contributed by atoms with Gasteiger partial charge in [-0.25, -0.2) is 4.79 Å². The van der Waals surface area contributed by atoms with Crippen molar-refractivity contribution in [3.63, 3.8) is 0 Å². The molecule has 1 aliphatic rings. The van der Waals surface area contributed by atoms with Gasteiger partial charge in [-0.2, -0.15) is 0 Å². The molecule has 2 aromatic rings. The van der Waals surface area contributed by atoms with Gasteiger partial charge in [-0.3, -0.25) is 4.99 Å². The zero-order valence-corrected chi connectivity index (χ0v) is 13.9. The van der Waals surface area contributed by atoms with Gasteiger partial charge in [-0.05, 0) is 61.7 Å². The van der Waals surface area contributed by atoms with Crippen LogP contribution in [0.1, 0.15) is 35.7 Å². The average Bonchev–Trinajstić information content (AvgIpc) is 3.16. The zero-order chi connectivity index (χ0) is 16.8. The number of aliphatic imine (C=N–C) groups is 1. The maximum Gasteiger partial charge on any atom is 0.338 e. The molecule has 0 aromatic heterocycles. The molecule has 0 spiro atoms. The first kappa shape index (κ1) is 16.2. The van der Waals surface area contributed by atoms with E-state index >= 15 is 0 Å². The Bertz CT molecular complexity index is 699. The average molecular weight is 322 g/mol. The second-order valence-electron chi connectivity index (χ2n) is 5.81. The molecule has 0 bridgehead atoms. The molecule has 0 amide bonds. The highest BCUT2D eigenvalue weighted by molar-refractivity contribution is 5.90. The number of ether oxygens (including phenoxy) is 1. The first-order valence-electron chi connectivity index (χ1n) is 8.42. The van der Waals surface area contributed by atoms with Crippen molar-refractivity contribution >= 4 is 23.6 Å². The van der Waals surface area contributed by atoms with Gasteiger partial charge in [-0.1, -0.05) is 12.1 Å². The number of rotatable bonds is 5. The molecule has 1 aliphatic heterocycles. The largest absolute Gasteiger partial charge is 0.462 e. The molecular weight excluding hydrogens is 300 g/mol. The van der Waals surface area contributed by atoms with E-state index in [1.165, 1.54) is 18.5 Å². The van der Waals surface area contributed by atoms with E-state index in [9.17, 15) is 4.79 Å². The van der Waals surface area contributed by atoms with Crippen LogP contribution in [0.3, 0.4) is 0 Å². The molecule has 1 heterocycles. The van der Waals surface area contributed by atoms with Gasteiger partial charge in [0, 0.05) is 25.0 Å². The van der Waals surface area contributed by atoms with Gasteiger partial charge in [0.2, 0.25) is 0 Å². The van der Waals surface area contributed by atoms with Crippen LogP contribution in [0.15, 0.2) is 53.5 Å². The second kappa shape index (κ2) is 7.77. The van der Waals surface area contributed by atoms with E-state index in [2.05, 4.69) is 34.2 Å². The molecule has 4 heteroatoms. The predicted octanol–water partition coefficient (Wildman–Crippen LogP) is 4.21. The van der Waals surface area contributed by atoms with E-state index in [1.54, 1.807) is 19.1 Å². The quantitative estimate of drug-likeness (QED) is 0.611. The highest BCUT2D eigenvalue weighted by atomic mass is 16.5. The Labute approximate surface area is 142 Å². The predicted molar refractivity (Wildman–Crippen MR) is 97.5 cm³/mol. The summed E-state index contributed by atoms with van der Waals surface area (Å²) in [5.41, 5.74) is 3.70. The minimum atomic E-state index is -0.300. The summed E-state index contributed by atoms with van der Waals surface area (Å²) in [5.74, 6) is -0.300. The van der Waals surface area contributed by atoms with Crippen molar-refractivity contribution in [1.82, 2.24) is 0 Å². The van der Waals surface area contributed by atoms with Crippen LogP contribution in [0.4, 0.5) is 11.4 Å². The van der Waals surface area contributed by atoms with Crippen molar-refractivity contribution in [1.29, 1.82) is 0 Å². The minimum Gasteiger partial charge on any atom is -0.462 e. The van der Waals surface area contributed by atoms with Crippen LogP contribution < -0.4 is 4.90 Å². The van der Waals surface area contributed by atoms with Crippen LogP contribution in [0, 0.1) is 0 Å². The zero-order valence-electron chi connectivity index (χ0n) is 13.9. The topological polar surface area (TPSA) is 41.9 Å². The number of carbonyl (C=O) groups is 1. The van der Waals surface area contributed by atoms with Crippen LogP contribution in [0.2, 0.25) is 0 Å². The van der Waals surface area contributed by atoms with Crippen molar-refractivity contribution in [2.45, 2.75) is 19.8 Å². The third-order valence-corrected chi connectivity index (χ3v) is 4.11. The Balaban J connectivity index is 1.63. The van der Waals surface area contributed by atoms with Gasteiger partial charge in [0.15, 0.2) is 0 Å². The lowest BCUT2D eigenvalue weighted by atomic mass is 10.2. The van der Waals surface area contributed by atoms with Crippen molar-refractivity contribution in [3.8, 4) is 0 Å². The van der Waals surface area contributed by atoms with E-state index in [4.69, 9.17) is 4.74 Å². The van der Waals surface area contributed by atoms with E-state index in [-0.39, 0.29) is 5.97 Å². The summed E-state index contributed by atoms with van der Waals surface area (Å²) in [5, 5.41) is 0. The van der Waals surface area contributed by atoms with Crippen LogP contribution >= 0.6 is 0 Å². The Morgan fingerprint density at radius 3 is 2.38 bits per heavy atom. The SMILES string of the molecule is CCOC(=O)c1ccc(N=Cc2ccc(N3CCCC3)cc2)cc1. The monoisotopic (exact) mass is 322 g/mol. The fraction of sp³-hybridized carbons (Fsp3) is 0.300. The number of anilines is 1. The number of nitrogens with zero attached hydrogens (tertiary/aromatic N) is 2. The molecule has 1 fully saturated rings. The maximum atomic E-state index is 11.6. The van der Waals surface area contributed by atoms with Gasteiger partial charge < -0.3 is 9.64 Å². The van der Waals surface area contributed by atoms with E-state index in [1.807, 2.05) is 18.3 Å². The summed E-state index contributed by atoms with van der Waals surface area (Å²) in [4.78, 5) is 18.5. The first-order chi connectivity index (χ1) is 11.8. The van der Waals surface area contributed by atoms with Crippen molar-refractivity contribution in [3.05, 3.63) is 59.7 Å². The standard InChI is InChI=1S/C20H22N2O2/c1-2-24-20(23)17-7-9-18(10-8-17)21-15-16-5-11-19(12-6-16)22-13-3-4-14-22/h5-12,15H,2-4,13-14H2,1H3. The van der Waals surface area contributed by atoms with E-state index in [0.717, 1.165) is 24.3 Å². The van der Waals surface area contributed by atoms with Gasteiger partial charge in [0.25, 0.3) is 0 Å². The number of benzene rings is 2. The van der Waals surface area contributed by atoms with Gasteiger partial charge in [-0.15, -0.1) is 0 Å². The highest BCUT2D eigenvalue weighted by Crippen LogP contribution is 2.20. The van der Waals surface area contributed by atoms with Gasteiger partial charge >= 0.3 is 5.97 Å². The lowest BCUT2D eigenvalue weighted by Gasteiger charge is -2.17. The summed E-state index contributed by atoms with van der Waals surface area (Å²) in [6.45, 7) is 4.48. The fourth-order valence-corrected chi connectivity index (χ4v) is 2.79. The van der Waals surface area contributed by atoms with Crippen molar-refractivity contribution in [2.24, 2.45) is 4.99 Å². The molecule has 0 unspecified atom stereocenters. The molecule has 4 nitrogen and oxygen atoms in total. The summed E-state index contributed by atoms with van der Waals surface area (Å²) in [6.07, 6.45) is 4.41.